The summed E-state index contributed by atoms with van der Waals surface area (Å²) >= 11 is 1.65. The van der Waals surface area contributed by atoms with Crippen LogP contribution in [0.15, 0.2) is 60.6 Å². The summed E-state index contributed by atoms with van der Waals surface area (Å²) in [6, 6.07) is 8.01. The van der Waals surface area contributed by atoms with Gasteiger partial charge in [0.1, 0.15) is 5.82 Å². The van der Waals surface area contributed by atoms with Gasteiger partial charge in [-0.2, -0.15) is 0 Å². The van der Waals surface area contributed by atoms with Crippen LogP contribution in [-0.2, 0) is 13.6 Å². The number of rotatable bonds is 5. The molecule has 4 aromatic rings. The molecule has 4 aromatic heterocycles. The quantitative estimate of drug-likeness (QED) is 0.562. The molecule has 0 unspecified atom stereocenters. The van der Waals surface area contributed by atoms with E-state index < -0.39 is 0 Å². The average Bonchev–Trinajstić information content (AvgIpc) is 3.32. The zero-order valence-electron chi connectivity index (χ0n) is 14.0. The third-order valence-corrected chi connectivity index (χ3v) is 4.66. The number of hydrogen-bond acceptors (Lipinski definition) is 6. The van der Waals surface area contributed by atoms with Crippen LogP contribution >= 0.6 is 23.7 Å². The normalized spacial score (nSPS) is 10.3. The van der Waals surface area contributed by atoms with Gasteiger partial charge in [0.05, 0.1) is 16.1 Å². The van der Waals surface area contributed by atoms with Crippen LogP contribution in [0.2, 0.25) is 0 Å². The third-order valence-electron chi connectivity index (χ3n) is 3.78. The van der Waals surface area contributed by atoms with Crippen molar-refractivity contribution in [1.29, 1.82) is 0 Å². The number of anilines is 1. The maximum Gasteiger partial charge on any atom is 0.223 e. The first-order valence-corrected chi connectivity index (χ1v) is 8.70. The number of nitrogens with zero attached hydrogens (tertiary/aromatic N) is 5. The van der Waals surface area contributed by atoms with Gasteiger partial charge < -0.3 is 9.88 Å². The highest BCUT2D eigenvalue weighted by Crippen LogP contribution is 2.32. The van der Waals surface area contributed by atoms with Crippen LogP contribution in [0, 0.1) is 0 Å². The van der Waals surface area contributed by atoms with Crippen molar-refractivity contribution >= 4 is 29.7 Å². The molecule has 26 heavy (non-hydrogen) atoms. The van der Waals surface area contributed by atoms with Crippen molar-refractivity contribution in [1.82, 2.24) is 24.5 Å². The lowest BCUT2D eigenvalue weighted by atomic mass is 10.2. The van der Waals surface area contributed by atoms with Crippen molar-refractivity contribution in [3.05, 3.63) is 66.2 Å². The van der Waals surface area contributed by atoms with Crippen molar-refractivity contribution < 1.29 is 0 Å². The topological polar surface area (TPSA) is 68.5 Å². The summed E-state index contributed by atoms with van der Waals surface area (Å²) in [4.78, 5) is 18.9. The highest BCUT2D eigenvalue weighted by Gasteiger charge is 2.15. The van der Waals surface area contributed by atoms with Gasteiger partial charge in [-0.3, -0.25) is 4.98 Å². The molecule has 1 N–H and O–H groups in total. The van der Waals surface area contributed by atoms with E-state index in [2.05, 4.69) is 26.3 Å². The molecule has 4 rings (SSSR count). The summed E-state index contributed by atoms with van der Waals surface area (Å²) in [5, 5.41) is 5.31. The van der Waals surface area contributed by atoms with Crippen LogP contribution in [0.1, 0.15) is 5.56 Å². The monoisotopic (exact) mass is 384 g/mol. The van der Waals surface area contributed by atoms with E-state index in [0.29, 0.717) is 12.5 Å². The Bertz CT molecular complexity index is 969. The van der Waals surface area contributed by atoms with Gasteiger partial charge in [0, 0.05) is 44.6 Å². The number of nitrogens with one attached hydrogen (secondary N) is 1. The number of halogens is 1. The van der Waals surface area contributed by atoms with E-state index in [9.17, 15) is 0 Å². The van der Waals surface area contributed by atoms with Crippen molar-refractivity contribution in [3.63, 3.8) is 0 Å². The molecule has 0 atom stereocenters. The fourth-order valence-corrected chi connectivity index (χ4v) is 3.27. The zero-order valence-corrected chi connectivity index (χ0v) is 15.7. The first-order chi connectivity index (χ1) is 12.3. The molecular weight excluding hydrogens is 368 g/mol. The molecule has 4 heterocycles. The molecule has 0 fully saturated rings. The SMILES string of the molecule is Cl.Cn1ccnc1-c1cnc(NCc2cccnc2)nc1-c1cccs1. The van der Waals surface area contributed by atoms with E-state index >= 15 is 0 Å². The minimum Gasteiger partial charge on any atom is -0.350 e. The molecule has 0 aliphatic heterocycles. The number of thiophene rings is 1. The summed E-state index contributed by atoms with van der Waals surface area (Å²) in [5.41, 5.74) is 2.88. The molecule has 0 amide bonds. The van der Waals surface area contributed by atoms with Gasteiger partial charge in [-0.25, -0.2) is 15.0 Å². The van der Waals surface area contributed by atoms with Crippen molar-refractivity contribution in [2.24, 2.45) is 7.05 Å². The first kappa shape index (κ1) is 18.0. The minimum absolute atomic E-state index is 0. The predicted molar refractivity (Wildman–Crippen MR) is 106 cm³/mol. The van der Waals surface area contributed by atoms with Crippen molar-refractivity contribution in [3.8, 4) is 22.0 Å². The Hall–Kier alpha value is -2.77. The van der Waals surface area contributed by atoms with Gasteiger partial charge in [-0.1, -0.05) is 12.1 Å². The lowest BCUT2D eigenvalue weighted by Gasteiger charge is -2.10. The first-order valence-electron chi connectivity index (χ1n) is 7.82. The second kappa shape index (κ2) is 8.07. The van der Waals surface area contributed by atoms with Gasteiger partial charge in [0.25, 0.3) is 0 Å². The number of aromatic nitrogens is 5. The minimum atomic E-state index is 0. The van der Waals surface area contributed by atoms with Crippen molar-refractivity contribution in [2.45, 2.75) is 6.54 Å². The Morgan fingerprint density at radius 1 is 1.12 bits per heavy atom. The predicted octanol–water partition coefficient (Wildman–Crippen LogP) is 4.03. The van der Waals surface area contributed by atoms with Gasteiger partial charge in [0.15, 0.2) is 0 Å². The Morgan fingerprint density at radius 2 is 2.04 bits per heavy atom. The highest BCUT2D eigenvalue weighted by molar-refractivity contribution is 7.13. The largest absolute Gasteiger partial charge is 0.350 e. The number of imidazole rings is 1. The smallest absolute Gasteiger partial charge is 0.223 e. The van der Waals surface area contributed by atoms with Crippen LogP contribution < -0.4 is 5.32 Å². The van der Waals surface area contributed by atoms with Crippen LogP contribution in [0.25, 0.3) is 22.0 Å². The summed E-state index contributed by atoms with van der Waals surface area (Å²) in [6.07, 6.45) is 9.12. The molecule has 0 spiro atoms. The van der Waals surface area contributed by atoms with Crippen LogP contribution in [-0.4, -0.2) is 24.5 Å². The Kier molecular flexibility index (Phi) is 5.60. The summed E-state index contributed by atoms with van der Waals surface area (Å²) in [5.74, 6) is 1.44. The van der Waals surface area contributed by atoms with Gasteiger partial charge in [0.2, 0.25) is 5.95 Å². The Balaban J connectivity index is 0.00000196. The molecule has 0 radical (unpaired) electrons. The molecule has 0 saturated carbocycles. The molecule has 0 bridgehead atoms. The molecule has 0 aromatic carbocycles. The molecule has 0 saturated heterocycles. The van der Waals surface area contributed by atoms with Crippen LogP contribution in [0.5, 0.6) is 0 Å². The Labute approximate surface area is 161 Å². The van der Waals surface area contributed by atoms with E-state index in [-0.39, 0.29) is 12.4 Å². The van der Waals surface area contributed by atoms with Crippen LogP contribution in [0.3, 0.4) is 0 Å². The van der Waals surface area contributed by atoms with E-state index in [1.807, 2.05) is 53.8 Å². The maximum absolute atomic E-state index is 4.74. The van der Waals surface area contributed by atoms with E-state index in [1.165, 1.54) is 0 Å². The molecule has 6 nitrogen and oxygen atoms in total. The van der Waals surface area contributed by atoms with E-state index in [0.717, 1.165) is 27.5 Å². The molecule has 132 valence electrons. The number of aryl methyl sites for hydroxylation is 1. The summed E-state index contributed by atoms with van der Waals surface area (Å²) < 4.78 is 1.97. The lowest BCUT2D eigenvalue weighted by molar-refractivity contribution is 0.921. The highest BCUT2D eigenvalue weighted by atomic mass is 35.5. The summed E-state index contributed by atoms with van der Waals surface area (Å²) in [7, 11) is 1.97. The molecule has 8 heteroatoms. The number of hydrogen-bond donors (Lipinski definition) is 1. The second-order valence-electron chi connectivity index (χ2n) is 5.51. The number of pyridine rings is 1. The van der Waals surface area contributed by atoms with Crippen LogP contribution in [0.4, 0.5) is 5.95 Å². The zero-order chi connectivity index (χ0) is 17.1. The Morgan fingerprint density at radius 3 is 2.73 bits per heavy atom. The molecule has 0 aliphatic carbocycles. The molecule has 0 aliphatic rings. The second-order valence-corrected chi connectivity index (χ2v) is 6.46. The third kappa shape index (κ3) is 3.74. The lowest BCUT2D eigenvalue weighted by Crippen LogP contribution is -2.05. The van der Waals surface area contributed by atoms with Gasteiger partial charge in [-0.15, -0.1) is 23.7 Å². The van der Waals surface area contributed by atoms with Gasteiger partial charge in [-0.05, 0) is 23.1 Å². The van der Waals surface area contributed by atoms with E-state index in [1.54, 1.807) is 23.7 Å². The fraction of sp³-hybridized carbons (Fsp3) is 0.111. The summed E-state index contributed by atoms with van der Waals surface area (Å²) in [6.45, 7) is 0.624. The maximum atomic E-state index is 4.74. The van der Waals surface area contributed by atoms with E-state index in [4.69, 9.17) is 4.98 Å². The van der Waals surface area contributed by atoms with Crippen molar-refractivity contribution in [2.75, 3.05) is 5.32 Å². The average molecular weight is 385 g/mol. The van der Waals surface area contributed by atoms with Gasteiger partial charge >= 0.3 is 0 Å². The fourth-order valence-electron chi connectivity index (χ4n) is 2.54. The molecular formula is C18H17ClN6S. The standard InChI is InChI=1S/C18H16N6S.ClH/c1-24-8-7-20-17(24)14-12-22-18(21-11-13-4-2-6-19-10-13)23-16(14)15-5-3-9-25-15;/h2-10,12H,11H2,1H3,(H,21,22,23);1H.